The van der Waals surface area contributed by atoms with Crippen molar-refractivity contribution >= 4 is 5.97 Å². The average Bonchev–Trinajstić information content (AvgIpc) is 3.04. The molecule has 0 radical (unpaired) electrons. The smallest absolute Gasteiger partial charge is 0.309 e. The normalized spacial score (nSPS) is 18.6. The van der Waals surface area contributed by atoms with Gasteiger partial charge in [-0.2, -0.15) is 0 Å². The van der Waals surface area contributed by atoms with Crippen LogP contribution in [0.25, 0.3) is 0 Å². The molecule has 3 heteroatoms. The molecule has 0 bridgehead atoms. The van der Waals surface area contributed by atoms with Gasteiger partial charge >= 0.3 is 5.97 Å². The number of rotatable bonds is 4. The van der Waals surface area contributed by atoms with Crippen LogP contribution in [0.5, 0.6) is 0 Å². The van der Waals surface area contributed by atoms with Gasteiger partial charge in [0.05, 0.1) is 26.2 Å². The first kappa shape index (κ1) is 10.2. The maximum atomic E-state index is 11.2. The van der Waals surface area contributed by atoms with Crippen molar-refractivity contribution in [1.29, 1.82) is 0 Å². The number of ether oxygens (including phenoxy) is 2. The van der Waals surface area contributed by atoms with E-state index >= 15 is 0 Å². The van der Waals surface area contributed by atoms with E-state index in [4.69, 9.17) is 4.74 Å². The van der Waals surface area contributed by atoms with E-state index in [0.29, 0.717) is 12.5 Å². The van der Waals surface area contributed by atoms with Gasteiger partial charge in [0, 0.05) is 6.42 Å². The van der Waals surface area contributed by atoms with Crippen LogP contribution in [0.1, 0.15) is 11.1 Å². The molecule has 1 heterocycles. The topological polar surface area (TPSA) is 38.8 Å². The van der Waals surface area contributed by atoms with E-state index in [-0.39, 0.29) is 5.97 Å². The van der Waals surface area contributed by atoms with Gasteiger partial charge in [0.25, 0.3) is 0 Å². The quantitative estimate of drug-likeness (QED) is 0.551. The van der Waals surface area contributed by atoms with E-state index in [0.717, 1.165) is 18.6 Å². The van der Waals surface area contributed by atoms with Crippen molar-refractivity contribution in [1.82, 2.24) is 0 Å². The summed E-state index contributed by atoms with van der Waals surface area (Å²) < 4.78 is 9.84. The Kier molecular flexibility index (Phi) is 3.02. The Morgan fingerprint density at radius 3 is 2.73 bits per heavy atom. The van der Waals surface area contributed by atoms with Crippen LogP contribution in [0.4, 0.5) is 0 Å². The predicted octanol–water partition coefficient (Wildman–Crippen LogP) is 1.34. The van der Waals surface area contributed by atoms with Gasteiger partial charge < -0.3 is 9.47 Å². The number of hydrogen-bond acceptors (Lipinski definition) is 3. The number of esters is 1. The molecule has 15 heavy (non-hydrogen) atoms. The molecule has 1 aromatic carbocycles. The predicted molar refractivity (Wildman–Crippen MR) is 55.6 cm³/mol. The van der Waals surface area contributed by atoms with E-state index in [9.17, 15) is 4.79 Å². The van der Waals surface area contributed by atoms with Gasteiger partial charge in [0.2, 0.25) is 0 Å². The number of epoxide rings is 1. The summed E-state index contributed by atoms with van der Waals surface area (Å²) in [4.78, 5) is 11.2. The fraction of sp³-hybridized carbons (Fsp3) is 0.417. The zero-order valence-corrected chi connectivity index (χ0v) is 8.73. The zero-order chi connectivity index (χ0) is 10.7. The molecule has 1 aliphatic heterocycles. The first-order valence-corrected chi connectivity index (χ1v) is 5.05. The van der Waals surface area contributed by atoms with Gasteiger partial charge in [-0.05, 0) is 11.1 Å². The van der Waals surface area contributed by atoms with Gasteiger partial charge in [-0.1, -0.05) is 24.3 Å². The van der Waals surface area contributed by atoms with Crippen molar-refractivity contribution in [2.75, 3.05) is 13.7 Å². The molecule has 80 valence electrons. The highest BCUT2D eigenvalue weighted by Crippen LogP contribution is 2.19. The Morgan fingerprint density at radius 2 is 2.13 bits per heavy atom. The molecule has 0 amide bonds. The molecule has 1 fully saturated rings. The van der Waals surface area contributed by atoms with Gasteiger partial charge in [0.1, 0.15) is 0 Å². The number of carbonyl (C=O) groups excluding carboxylic acids is 1. The Balaban J connectivity index is 2.09. The molecule has 0 spiro atoms. The van der Waals surface area contributed by atoms with E-state index in [2.05, 4.69) is 4.74 Å². The van der Waals surface area contributed by atoms with E-state index in [1.54, 1.807) is 0 Å². The van der Waals surface area contributed by atoms with Crippen LogP contribution in [-0.4, -0.2) is 25.8 Å². The highest BCUT2D eigenvalue weighted by molar-refractivity contribution is 5.72. The van der Waals surface area contributed by atoms with Gasteiger partial charge in [-0.25, -0.2) is 0 Å². The summed E-state index contributed by atoms with van der Waals surface area (Å²) in [6, 6.07) is 7.93. The molecule has 1 aromatic rings. The summed E-state index contributed by atoms with van der Waals surface area (Å²) in [5.74, 6) is -0.195. The first-order chi connectivity index (χ1) is 7.29. The summed E-state index contributed by atoms with van der Waals surface area (Å²) >= 11 is 0. The van der Waals surface area contributed by atoms with Crippen molar-refractivity contribution in [3.8, 4) is 0 Å². The minimum Gasteiger partial charge on any atom is -0.469 e. The molecular weight excluding hydrogens is 192 g/mol. The SMILES string of the molecule is COC(=O)Cc1ccccc1CC1CO1. The minimum absolute atomic E-state index is 0.195. The molecule has 1 aliphatic rings. The van der Waals surface area contributed by atoms with E-state index in [1.807, 2.05) is 24.3 Å². The molecule has 1 atom stereocenters. The van der Waals surface area contributed by atoms with Crippen LogP contribution in [0.15, 0.2) is 24.3 Å². The third-order valence-corrected chi connectivity index (χ3v) is 2.53. The highest BCUT2D eigenvalue weighted by atomic mass is 16.6. The largest absolute Gasteiger partial charge is 0.469 e. The summed E-state index contributed by atoms with van der Waals surface area (Å²) in [5.41, 5.74) is 2.23. The van der Waals surface area contributed by atoms with E-state index in [1.165, 1.54) is 12.7 Å². The second kappa shape index (κ2) is 4.45. The standard InChI is InChI=1S/C12H14O3/c1-14-12(13)7-10-5-3-2-4-9(10)6-11-8-15-11/h2-5,11H,6-8H2,1H3. The number of benzene rings is 1. The molecule has 0 N–H and O–H groups in total. The zero-order valence-electron chi connectivity index (χ0n) is 8.73. The second-order valence-electron chi connectivity index (χ2n) is 3.68. The Bertz CT molecular complexity index is 356. The molecule has 1 saturated heterocycles. The summed E-state index contributed by atoms with van der Waals surface area (Å²) in [6.45, 7) is 0.840. The van der Waals surface area contributed by atoms with Crippen molar-refractivity contribution < 1.29 is 14.3 Å². The highest BCUT2D eigenvalue weighted by Gasteiger charge is 2.23. The lowest BCUT2D eigenvalue weighted by atomic mass is 10.0. The van der Waals surface area contributed by atoms with Crippen LogP contribution in [0.2, 0.25) is 0 Å². The van der Waals surface area contributed by atoms with Crippen LogP contribution in [0.3, 0.4) is 0 Å². The Hall–Kier alpha value is -1.35. The fourth-order valence-electron chi connectivity index (χ4n) is 1.59. The third-order valence-electron chi connectivity index (χ3n) is 2.53. The Morgan fingerprint density at radius 1 is 1.47 bits per heavy atom. The Labute approximate surface area is 89.0 Å². The molecule has 0 aromatic heterocycles. The summed E-state index contributed by atoms with van der Waals surface area (Å²) in [5, 5.41) is 0. The average molecular weight is 206 g/mol. The minimum atomic E-state index is -0.195. The van der Waals surface area contributed by atoms with Crippen molar-refractivity contribution in [2.24, 2.45) is 0 Å². The number of hydrogen-bond donors (Lipinski definition) is 0. The van der Waals surface area contributed by atoms with Gasteiger partial charge in [-0.15, -0.1) is 0 Å². The molecule has 0 aliphatic carbocycles. The van der Waals surface area contributed by atoms with E-state index < -0.39 is 0 Å². The van der Waals surface area contributed by atoms with Crippen LogP contribution in [-0.2, 0) is 27.1 Å². The second-order valence-corrected chi connectivity index (χ2v) is 3.68. The fourth-order valence-corrected chi connectivity index (χ4v) is 1.59. The number of methoxy groups -OCH3 is 1. The molecular formula is C12H14O3. The lowest BCUT2D eigenvalue weighted by Gasteiger charge is -2.06. The summed E-state index contributed by atoms with van der Waals surface area (Å²) in [6.07, 6.45) is 1.59. The van der Waals surface area contributed by atoms with Crippen molar-refractivity contribution in [3.63, 3.8) is 0 Å². The van der Waals surface area contributed by atoms with Crippen LogP contribution < -0.4 is 0 Å². The lowest BCUT2D eigenvalue weighted by Crippen LogP contribution is -2.08. The first-order valence-electron chi connectivity index (χ1n) is 5.05. The maximum absolute atomic E-state index is 11.2. The van der Waals surface area contributed by atoms with Gasteiger partial charge in [-0.3, -0.25) is 4.79 Å². The van der Waals surface area contributed by atoms with Crippen LogP contribution >= 0.6 is 0 Å². The maximum Gasteiger partial charge on any atom is 0.309 e. The third kappa shape index (κ3) is 2.80. The van der Waals surface area contributed by atoms with Gasteiger partial charge in [0.15, 0.2) is 0 Å². The van der Waals surface area contributed by atoms with Crippen molar-refractivity contribution in [3.05, 3.63) is 35.4 Å². The van der Waals surface area contributed by atoms with Crippen molar-refractivity contribution in [2.45, 2.75) is 18.9 Å². The molecule has 0 saturated carbocycles. The lowest BCUT2D eigenvalue weighted by molar-refractivity contribution is -0.139. The molecule has 1 unspecified atom stereocenters. The molecule has 2 rings (SSSR count). The molecule has 3 nitrogen and oxygen atoms in total. The number of carbonyl (C=O) groups is 1. The van der Waals surface area contributed by atoms with Crippen LogP contribution in [0, 0.1) is 0 Å². The monoisotopic (exact) mass is 206 g/mol. The summed E-state index contributed by atoms with van der Waals surface area (Å²) in [7, 11) is 1.41.